The fraction of sp³-hybridized carbons (Fsp3) is 0.350. The van der Waals surface area contributed by atoms with Crippen LogP contribution in [-0.4, -0.2) is 37.1 Å². The van der Waals surface area contributed by atoms with Crippen LogP contribution in [-0.2, 0) is 14.8 Å². The van der Waals surface area contributed by atoms with Crippen molar-refractivity contribution in [2.75, 3.05) is 13.1 Å². The van der Waals surface area contributed by atoms with E-state index in [1.54, 1.807) is 28.7 Å². The van der Waals surface area contributed by atoms with Crippen molar-refractivity contribution in [1.82, 2.24) is 9.46 Å². The third-order valence-corrected chi connectivity index (χ3v) is 8.67. The molecule has 28 heavy (non-hydrogen) atoms. The average Bonchev–Trinajstić information content (AvgIpc) is 3.20. The second-order valence-electron chi connectivity index (χ2n) is 7.23. The molecule has 0 bridgehead atoms. The van der Waals surface area contributed by atoms with E-state index in [-0.39, 0.29) is 12.2 Å². The maximum absolute atomic E-state index is 13.4. The lowest BCUT2D eigenvalue weighted by atomic mass is 10.1. The number of rotatable bonds is 5. The molecule has 1 aliphatic carbocycles. The minimum absolute atomic E-state index is 0.0533. The van der Waals surface area contributed by atoms with Crippen LogP contribution in [0.4, 0.5) is 0 Å². The summed E-state index contributed by atoms with van der Waals surface area (Å²) in [6.45, 7) is 0.733. The van der Waals surface area contributed by atoms with Crippen molar-refractivity contribution in [3.63, 3.8) is 0 Å². The summed E-state index contributed by atoms with van der Waals surface area (Å²) in [5, 5.41) is 3.69. The van der Waals surface area contributed by atoms with Crippen molar-refractivity contribution in [3.8, 4) is 10.6 Å². The molecule has 3 heterocycles. The Kier molecular flexibility index (Phi) is 4.59. The van der Waals surface area contributed by atoms with Gasteiger partial charge in [-0.1, -0.05) is 35.5 Å². The summed E-state index contributed by atoms with van der Waals surface area (Å²) in [5.74, 6) is 1.03. The molecule has 5 rings (SSSR count). The normalized spacial score (nSPS) is 23.7. The van der Waals surface area contributed by atoms with E-state index in [0.717, 1.165) is 23.3 Å². The van der Waals surface area contributed by atoms with Crippen LogP contribution in [0.1, 0.15) is 24.5 Å². The molecular formula is C20H20N2O4S2. The summed E-state index contributed by atoms with van der Waals surface area (Å²) in [5.41, 5.74) is 1.02. The molecule has 1 saturated carbocycles. The van der Waals surface area contributed by atoms with E-state index in [1.165, 1.54) is 11.3 Å². The van der Waals surface area contributed by atoms with Crippen LogP contribution in [0.2, 0.25) is 0 Å². The molecular weight excluding hydrogens is 396 g/mol. The van der Waals surface area contributed by atoms with E-state index in [9.17, 15) is 8.42 Å². The molecule has 6 nitrogen and oxygen atoms in total. The molecule has 2 aromatic heterocycles. The zero-order valence-electron chi connectivity index (χ0n) is 15.1. The molecule has 0 unspecified atom stereocenters. The number of benzene rings is 1. The number of aromatic nitrogens is 1. The molecule has 0 spiro atoms. The molecule has 0 N–H and O–H groups in total. The van der Waals surface area contributed by atoms with Crippen LogP contribution in [0, 0.1) is 5.92 Å². The third kappa shape index (κ3) is 3.41. The van der Waals surface area contributed by atoms with Gasteiger partial charge in [-0.05, 0) is 36.5 Å². The Morgan fingerprint density at radius 2 is 1.86 bits per heavy atom. The first-order valence-electron chi connectivity index (χ1n) is 9.33. The van der Waals surface area contributed by atoms with Crippen LogP contribution >= 0.6 is 11.3 Å². The highest BCUT2D eigenvalue weighted by atomic mass is 32.2. The molecule has 2 aliphatic rings. The Morgan fingerprint density at radius 1 is 1.04 bits per heavy atom. The van der Waals surface area contributed by atoms with E-state index in [4.69, 9.17) is 9.26 Å². The van der Waals surface area contributed by atoms with Crippen LogP contribution in [0.25, 0.3) is 10.6 Å². The lowest BCUT2D eigenvalue weighted by Crippen LogP contribution is -2.47. The second-order valence-corrected chi connectivity index (χ2v) is 10.5. The van der Waals surface area contributed by atoms with Crippen LogP contribution in [0.5, 0.6) is 0 Å². The van der Waals surface area contributed by atoms with Gasteiger partial charge in [0.15, 0.2) is 5.76 Å². The minimum Gasteiger partial charge on any atom is -0.367 e. The predicted molar refractivity (Wildman–Crippen MR) is 105 cm³/mol. The minimum atomic E-state index is -3.60. The summed E-state index contributed by atoms with van der Waals surface area (Å²) >= 11 is 1.21. The Bertz CT molecular complexity index is 1040. The van der Waals surface area contributed by atoms with E-state index in [0.29, 0.717) is 29.0 Å². The molecule has 2 atom stereocenters. The van der Waals surface area contributed by atoms with Crippen molar-refractivity contribution in [3.05, 3.63) is 60.3 Å². The van der Waals surface area contributed by atoms with Gasteiger partial charge < -0.3 is 9.26 Å². The molecule has 0 radical (unpaired) electrons. The Labute approximate surface area is 167 Å². The van der Waals surface area contributed by atoms with Gasteiger partial charge in [0, 0.05) is 19.2 Å². The second kappa shape index (κ2) is 7.11. The number of morpholine rings is 1. The fourth-order valence-corrected chi connectivity index (χ4v) is 6.47. The number of nitrogens with zero attached hydrogens (tertiary/aromatic N) is 2. The van der Waals surface area contributed by atoms with Crippen molar-refractivity contribution >= 4 is 21.4 Å². The van der Waals surface area contributed by atoms with Gasteiger partial charge in [0.2, 0.25) is 0 Å². The van der Waals surface area contributed by atoms with E-state index in [1.807, 2.05) is 30.3 Å². The SMILES string of the molecule is O=S(=O)(c1ccc(-c2ccno2)s1)N1C[C@@H](c2ccccc2)O[C@@H](C2CC2)C1. The van der Waals surface area contributed by atoms with Gasteiger partial charge in [-0.2, -0.15) is 4.31 Å². The first kappa shape index (κ1) is 18.1. The topological polar surface area (TPSA) is 72.6 Å². The van der Waals surface area contributed by atoms with Gasteiger partial charge in [-0.15, -0.1) is 11.3 Å². The van der Waals surface area contributed by atoms with Gasteiger partial charge in [-0.3, -0.25) is 0 Å². The zero-order valence-corrected chi connectivity index (χ0v) is 16.7. The zero-order chi connectivity index (χ0) is 19.1. The van der Waals surface area contributed by atoms with E-state index < -0.39 is 10.0 Å². The number of hydrogen-bond donors (Lipinski definition) is 0. The third-order valence-electron chi connectivity index (χ3n) is 5.27. The first-order chi connectivity index (χ1) is 13.6. The van der Waals surface area contributed by atoms with Gasteiger partial charge in [-0.25, -0.2) is 8.42 Å². The molecule has 1 aromatic carbocycles. The molecule has 2 fully saturated rings. The van der Waals surface area contributed by atoms with Crippen molar-refractivity contribution in [2.45, 2.75) is 29.3 Å². The summed E-state index contributed by atoms with van der Waals surface area (Å²) in [6, 6.07) is 15.0. The summed E-state index contributed by atoms with van der Waals surface area (Å²) in [6.07, 6.45) is 3.46. The van der Waals surface area contributed by atoms with Gasteiger partial charge in [0.1, 0.15) is 4.21 Å². The standard InChI is InChI=1S/C20H20N2O4S2/c23-28(24,20-9-8-19(27-20)16-10-11-21-26-16)22-12-17(14-4-2-1-3-5-14)25-18(13-22)15-6-7-15/h1-5,8-11,15,17-18H,6-7,12-13H2/t17-,18+/m0/s1. The predicted octanol–water partition coefficient (Wildman–Crippen LogP) is 3.94. The monoisotopic (exact) mass is 416 g/mol. The van der Waals surface area contributed by atoms with E-state index >= 15 is 0 Å². The Balaban J connectivity index is 1.44. The van der Waals surface area contributed by atoms with Crippen LogP contribution in [0.3, 0.4) is 0 Å². The fourth-order valence-electron chi connectivity index (χ4n) is 3.59. The van der Waals surface area contributed by atoms with Gasteiger partial charge in [0.05, 0.1) is 23.3 Å². The molecule has 146 valence electrons. The molecule has 3 aromatic rings. The number of hydrogen-bond acceptors (Lipinski definition) is 6. The molecule has 8 heteroatoms. The average molecular weight is 417 g/mol. The summed E-state index contributed by atoms with van der Waals surface area (Å²) in [7, 11) is -3.60. The van der Waals surface area contributed by atoms with Gasteiger partial charge >= 0.3 is 0 Å². The quantitative estimate of drug-likeness (QED) is 0.630. The highest BCUT2D eigenvalue weighted by molar-refractivity contribution is 7.91. The highest BCUT2D eigenvalue weighted by Crippen LogP contribution is 2.41. The number of thiophene rings is 1. The van der Waals surface area contributed by atoms with E-state index in [2.05, 4.69) is 5.16 Å². The maximum atomic E-state index is 13.4. The lowest BCUT2D eigenvalue weighted by Gasteiger charge is -2.37. The van der Waals surface area contributed by atoms with Crippen LogP contribution < -0.4 is 0 Å². The number of sulfonamides is 1. The number of ether oxygens (including phenoxy) is 1. The Hall–Kier alpha value is -2.00. The van der Waals surface area contributed by atoms with Crippen molar-refractivity contribution < 1.29 is 17.7 Å². The summed E-state index contributed by atoms with van der Waals surface area (Å²) < 4.78 is 40.1. The summed E-state index contributed by atoms with van der Waals surface area (Å²) in [4.78, 5) is 0.752. The highest BCUT2D eigenvalue weighted by Gasteiger charge is 2.42. The first-order valence-corrected chi connectivity index (χ1v) is 11.6. The maximum Gasteiger partial charge on any atom is 0.252 e. The van der Waals surface area contributed by atoms with Crippen LogP contribution in [0.15, 0.2) is 63.5 Å². The Morgan fingerprint density at radius 3 is 2.57 bits per heavy atom. The van der Waals surface area contributed by atoms with Crippen molar-refractivity contribution in [2.24, 2.45) is 5.92 Å². The largest absolute Gasteiger partial charge is 0.367 e. The van der Waals surface area contributed by atoms with Crippen molar-refractivity contribution in [1.29, 1.82) is 0 Å². The molecule has 1 saturated heterocycles. The van der Waals surface area contributed by atoms with Gasteiger partial charge in [0.25, 0.3) is 10.0 Å². The molecule has 1 aliphatic heterocycles. The smallest absolute Gasteiger partial charge is 0.252 e. The molecule has 0 amide bonds. The lowest BCUT2D eigenvalue weighted by molar-refractivity contribution is -0.0747.